The molecule has 0 aliphatic carbocycles. The smallest absolute Gasteiger partial charge is 0.257 e. The number of hydrogen-bond acceptors (Lipinski definition) is 5. The topological polar surface area (TPSA) is 62.7 Å². The summed E-state index contributed by atoms with van der Waals surface area (Å²) in [5.74, 6) is 1.37. The van der Waals surface area contributed by atoms with E-state index in [1.165, 1.54) is 0 Å². The Morgan fingerprint density at radius 2 is 1.92 bits per heavy atom. The van der Waals surface area contributed by atoms with Gasteiger partial charge in [0.25, 0.3) is 5.91 Å². The first-order chi connectivity index (χ1) is 12.2. The molecule has 2 aromatic rings. The van der Waals surface area contributed by atoms with Crippen LogP contribution in [0.5, 0.6) is 5.75 Å². The van der Waals surface area contributed by atoms with Crippen LogP contribution in [0, 0.1) is 0 Å². The van der Waals surface area contributed by atoms with Crippen LogP contribution < -0.4 is 15.4 Å². The summed E-state index contributed by atoms with van der Waals surface area (Å²) in [6.45, 7) is 1.26. The fourth-order valence-electron chi connectivity index (χ4n) is 2.16. The van der Waals surface area contributed by atoms with Crippen LogP contribution in [-0.4, -0.2) is 28.5 Å². The van der Waals surface area contributed by atoms with E-state index in [0.717, 1.165) is 23.0 Å². The van der Waals surface area contributed by atoms with E-state index >= 15 is 0 Å². The van der Waals surface area contributed by atoms with E-state index < -0.39 is 0 Å². The third-order valence-corrected chi connectivity index (χ3v) is 4.49. The summed E-state index contributed by atoms with van der Waals surface area (Å²) in [5, 5.41) is 6.56. The SMILES string of the molecule is O=C(NC(=S)NC1=NCCS1)c1ccc(OCc2ccccc2)cc1. The van der Waals surface area contributed by atoms with Crippen LogP contribution in [0.3, 0.4) is 0 Å². The Kier molecular flexibility index (Phi) is 6.03. The summed E-state index contributed by atoms with van der Waals surface area (Å²) < 4.78 is 5.71. The zero-order chi connectivity index (χ0) is 17.5. The van der Waals surface area contributed by atoms with E-state index in [9.17, 15) is 4.79 Å². The molecule has 0 saturated carbocycles. The lowest BCUT2D eigenvalue weighted by molar-refractivity contribution is 0.0977. The van der Waals surface area contributed by atoms with Crippen LogP contribution in [0.4, 0.5) is 0 Å². The van der Waals surface area contributed by atoms with Gasteiger partial charge in [-0.15, -0.1) is 0 Å². The number of amidine groups is 1. The van der Waals surface area contributed by atoms with E-state index in [-0.39, 0.29) is 11.0 Å². The Balaban J connectivity index is 1.50. The second kappa shape index (κ2) is 8.64. The normalized spacial score (nSPS) is 13.0. The molecule has 1 aliphatic heterocycles. The summed E-state index contributed by atoms with van der Waals surface area (Å²) in [5.41, 5.74) is 1.60. The first kappa shape index (κ1) is 17.4. The molecule has 1 heterocycles. The van der Waals surface area contributed by atoms with Crippen LogP contribution in [-0.2, 0) is 6.61 Å². The maximum atomic E-state index is 12.2. The zero-order valence-corrected chi connectivity index (χ0v) is 15.0. The lowest BCUT2D eigenvalue weighted by Crippen LogP contribution is -2.41. The van der Waals surface area contributed by atoms with Crippen LogP contribution >= 0.6 is 24.0 Å². The van der Waals surface area contributed by atoms with Gasteiger partial charge in [-0.1, -0.05) is 42.1 Å². The molecular formula is C18H17N3O2S2. The predicted octanol–water partition coefficient (Wildman–Crippen LogP) is 2.97. The summed E-state index contributed by atoms with van der Waals surface area (Å²) >= 11 is 6.71. The Morgan fingerprint density at radius 3 is 2.60 bits per heavy atom. The van der Waals surface area contributed by atoms with Gasteiger partial charge in [0.2, 0.25) is 0 Å². The minimum atomic E-state index is -0.268. The van der Waals surface area contributed by atoms with Gasteiger partial charge in [0.05, 0.1) is 6.54 Å². The second-order valence-electron chi connectivity index (χ2n) is 5.24. The molecule has 0 atom stereocenters. The van der Waals surface area contributed by atoms with Crippen molar-refractivity contribution in [3.63, 3.8) is 0 Å². The van der Waals surface area contributed by atoms with Gasteiger partial charge in [0, 0.05) is 11.3 Å². The molecule has 7 heteroatoms. The number of hydrogen-bond donors (Lipinski definition) is 2. The predicted molar refractivity (Wildman–Crippen MR) is 105 cm³/mol. The van der Waals surface area contributed by atoms with E-state index in [2.05, 4.69) is 15.6 Å². The Bertz CT molecular complexity index is 777. The average molecular weight is 371 g/mol. The fourth-order valence-corrected chi connectivity index (χ4v) is 3.14. The van der Waals surface area contributed by atoms with Gasteiger partial charge in [-0.2, -0.15) is 0 Å². The number of nitrogens with zero attached hydrogens (tertiary/aromatic N) is 1. The van der Waals surface area contributed by atoms with Crippen LogP contribution in [0.15, 0.2) is 59.6 Å². The van der Waals surface area contributed by atoms with Crippen LogP contribution in [0.25, 0.3) is 0 Å². The summed E-state index contributed by atoms with van der Waals surface area (Å²) in [6.07, 6.45) is 0. The molecule has 0 fully saturated rings. The molecule has 128 valence electrons. The van der Waals surface area contributed by atoms with Crippen molar-refractivity contribution in [2.75, 3.05) is 12.3 Å². The summed E-state index contributed by atoms with van der Waals surface area (Å²) in [7, 11) is 0. The lowest BCUT2D eigenvalue weighted by Gasteiger charge is -2.10. The van der Waals surface area contributed by atoms with Gasteiger partial charge in [-0.05, 0) is 42.0 Å². The van der Waals surface area contributed by atoms with Crippen molar-refractivity contribution >= 4 is 40.2 Å². The zero-order valence-electron chi connectivity index (χ0n) is 13.4. The minimum absolute atomic E-state index is 0.252. The highest BCUT2D eigenvalue weighted by molar-refractivity contribution is 8.14. The summed E-state index contributed by atoms with van der Waals surface area (Å²) in [6, 6.07) is 16.9. The molecule has 0 aromatic heterocycles. The van der Waals surface area contributed by atoms with E-state index in [0.29, 0.717) is 17.9 Å². The number of thiocarbonyl (C=S) groups is 1. The molecule has 3 rings (SSSR count). The average Bonchev–Trinajstić information content (AvgIpc) is 3.14. The van der Waals surface area contributed by atoms with Crippen molar-refractivity contribution in [3.8, 4) is 5.75 Å². The highest BCUT2D eigenvalue weighted by atomic mass is 32.2. The number of benzene rings is 2. The van der Waals surface area contributed by atoms with Gasteiger partial charge in [0.15, 0.2) is 10.3 Å². The maximum Gasteiger partial charge on any atom is 0.257 e. The first-order valence-corrected chi connectivity index (χ1v) is 9.16. The van der Waals surface area contributed by atoms with Gasteiger partial charge in [-0.3, -0.25) is 15.1 Å². The quantitative estimate of drug-likeness (QED) is 0.809. The van der Waals surface area contributed by atoms with Gasteiger partial charge < -0.3 is 10.1 Å². The third-order valence-electron chi connectivity index (χ3n) is 3.40. The monoisotopic (exact) mass is 371 g/mol. The number of amides is 1. The molecule has 2 N–H and O–H groups in total. The van der Waals surface area contributed by atoms with Gasteiger partial charge in [-0.25, -0.2) is 0 Å². The number of rotatable bonds is 4. The molecule has 1 amide bonds. The molecule has 0 spiro atoms. The molecule has 25 heavy (non-hydrogen) atoms. The van der Waals surface area contributed by atoms with Crippen LogP contribution in [0.1, 0.15) is 15.9 Å². The number of carbonyl (C=O) groups excluding carboxylic acids is 1. The molecular weight excluding hydrogens is 354 g/mol. The molecule has 5 nitrogen and oxygen atoms in total. The number of aliphatic imine (C=N–C) groups is 1. The van der Waals surface area contributed by atoms with Crippen molar-refractivity contribution in [1.29, 1.82) is 0 Å². The highest BCUT2D eigenvalue weighted by Gasteiger charge is 2.12. The first-order valence-electron chi connectivity index (χ1n) is 7.77. The van der Waals surface area contributed by atoms with Crippen LogP contribution in [0.2, 0.25) is 0 Å². The van der Waals surface area contributed by atoms with Crippen molar-refractivity contribution in [2.45, 2.75) is 6.61 Å². The van der Waals surface area contributed by atoms with Crippen molar-refractivity contribution in [3.05, 3.63) is 65.7 Å². The lowest BCUT2D eigenvalue weighted by atomic mass is 10.2. The van der Waals surface area contributed by atoms with E-state index in [4.69, 9.17) is 17.0 Å². The molecule has 2 aromatic carbocycles. The molecule has 0 radical (unpaired) electrons. The standard InChI is InChI=1S/C18H17N3O2S2/c22-16(20-17(24)21-18-19-10-11-25-18)14-6-8-15(9-7-14)23-12-13-4-2-1-3-5-13/h1-9H,10-12H2,(H2,19,20,21,22,24). The number of nitrogens with one attached hydrogen (secondary N) is 2. The largest absolute Gasteiger partial charge is 0.489 e. The number of carbonyl (C=O) groups is 1. The van der Waals surface area contributed by atoms with E-state index in [1.54, 1.807) is 36.0 Å². The Morgan fingerprint density at radius 1 is 1.16 bits per heavy atom. The van der Waals surface area contributed by atoms with Crippen molar-refractivity contribution in [1.82, 2.24) is 10.6 Å². The number of ether oxygens (including phenoxy) is 1. The number of thioether (sulfide) groups is 1. The highest BCUT2D eigenvalue weighted by Crippen LogP contribution is 2.14. The molecule has 0 bridgehead atoms. The van der Waals surface area contributed by atoms with Gasteiger partial charge in [0.1, 0.15) is 12.4 Å². The third kappa shape index (κ3) is 5.30. The molecule has 0 saturated heterocycles. The van der Waals surface area contributed by atoms with Crippen molar-refractivity contribution in [2.24, 2.45) is 4.99 Å². The summed E-state index contributed by atoms with van der Waals surface area (Å²) in [4.78, 5) is 16.4. The fraction of sp³-hybridized carbons (Fsp3) is 0.167. The Hall–Kier alpha value is -2.38. The molecule has 0 unspecified atom stereocenters. The Labute approximate surface area is 155 Å². The van der Waals surface area contributed by atoms with Crippen molar-refractivity contribution < 1.29 is 9.53 Å². The molecule has 1 aliphatic rings. The van der Waals surface area contributed by atoms with Gasteiger partial charge >= 0.3 is 0 Å². The second-order valence-corrected chi connectivity index (χ2v) is 6.73. The van der Waals surface area contributed by atoms with E-state index in [1.807, 2.05) is 30.3 Å². The maximum absolute atomic E-state index is 12.2. The minimum Gasteiger partial charge on any atom is -0.489 e.